The Bertz CT molecular complexity index is 504. The molecule has 21 heavy (non-hydrogen) atoms. The average molecular weight is 328 g/mol. The van der Waals surface area contributed by atoms with Crippen LogP contribution in [0.3, 0.4) is 0 Å². The van der Waals surface area contributed by atoms with Gasteiger partial charge in [0, 0.05) is 17.7 Å². The van der Waals surface area contributed by atoms with Gasteiger partial charge in [-0.05, 0) is 25.7 Å². The highest BCUT2D eigenvalue weighted by molar-refractivity contribution is 7.99. The summed E-state index contributed by atoms with van der Waals surface area (Å²) >= 11 is 3.15. The number of amides is 1. The van der Waals surface area contributed by atoms with Gasteiger partial charge in [-0.3, -0.25) is 9.59 Å². The van der Waals surface area contributed by atoms with E-state index in [4.69, 9.17) is 5.11 Å². The van der Waals surface area contributed by atoms with Gasteiger partial charge < -0.3 is 10.4 Å². The lowest BCUT2D eigenvalue weighted by Crippen LogP contribution is -2.34. The van der Waals surface area contributed by atoms with Gasteiger partial charge in [0.05, 0.1) is 22.4 Å². The number of carbonyl (C=O) groups excluding carboxylic acids is 1. The summed E-state index contributed by atoms with van der Waals surface area (Å²) in [5, 5.41) is 15.0. The number of thioether (sulfide) groups is 1. The molecule has 2 atom stereocenters. The largest absolute Gasteiger partial charge is 0.481 e. The fraction of sp³-hybridized carbons (Fsp3) is 0.643. The smallest absolute Gasteiger partial charge is 0.306 e. The molecule has 1 amide bonds. The Morgan fingerprint density at radius 2 is 2.33 bits per heavy atom. The number of hydrogen-bond acceptors (Lipinski definition) is 5. The van der Waals surface area contributed by atoms with Crippen LogP contribution >= 0.6 is 23.1 Å². The molecule has 1 fully saturated rings. The molecule has 2 rings (SSSR count). The van der Waals surface area contributed by atoms with Crippen LogP contribution in [0, 0.1) is 18.8 Å². The van der Waals surface area contributed by atoms with Gasteiger partial charge >= 0.3 is 5.97 Å². The lowest BCUT2D eigenvalue weighted by molar-refractivity contribution is -0.143. The van der Waals surface area contributed by atoms with Crippen molar-refractivity contribution in [1.29, 1.82) is 0 Å². The van der Waals surface area contributed by atoms with E-state index in [2.05, 4.69) is 10.3 Å². The molecule has 116 valence electrons. The predicted molar refractivity (Wildman–Crippen MR) is 84.5 cm³/mol. The molecule has 1 aliphatic carbocycles. The maximum absolute atomic E-state index is 11.8. The average Bonchev–Trinajstić information content (AvgIpc) is 3.05. The zero-order valence-electron chi connectivity index (χ0n) is 12.0. The van der Waals surface area contributed by atoms with Crippen molar-refractivity contribution in [2.75, 3.05) is 12.3 Å². The Balaban J connectivity index is 1.64. The molecule has 2 N–H and O–H groups in total. The molecule has 0 saturated heterocycles. The van der Waals surface area contributed by atoms with Crippen LogP contribution in [0.5, 0.6) is 0 Å². The SMILES string of the molecule is Cc1nc(CSCC(=O)NCC2CCCC2C(=O)O)cs1. The fourth-order valence-electron chi connectivity index (χ4n) is 2.63. The molecule has 1 aliphatic rings. The van der Waals surface area contributed by atoms with Gasteiger partial charge in [0.2, 0.25) is 5.91 Å². The summed E-state index contributed by atoms with van der Waals surface area (Å²) in [4.78, 5) is 27.2. The summed E-state index contributed by atoms with van der Waals surface area (Å²) in [7, 11) is 0. The maximum atomic E-state index is 11.8. The molecule has 1 aromatic heterocycles. The van der Waals surface area contributed by atoms with Gasteiger partial charge in [0.15, 0.2) is 0 Å². The molecule has 1 saturated carbocycles. The van der Waals surface area contributed by atoms with Crippen LogP contribution in [0.25, 0.3) is 0 Å². The molecule has 5 nitrogen and oxygen atoms in total. The number of carboxylic acid groups (broad SMARTS) is 1. The van der Waals surface area contributed by atoms with E-state index in [1.165, 1.54) is 11.8 Å². The Morgan fingerprint density at radius 1 is 1.52 bits per heavy atom. The molecule has 1 aromatic rings. The van der Waals surface area contributed by atoms with Crippen molar-refractivity contribution in [3.8, 4) is 0 Å². The van der Waals surface area contributed by atoms with E-state index in [1.807, 2.05) is 12.3 Å². The minimum absolute atomic E-state index is 0.0250. The first kappa shape index (κ1) is 16.3. The van der Waals surface area contributed by atoms with Gasteiger partial charge in [0.1, 0.15) is 0 Å². The van der Waals surface area contributed by atoms with Gasteiger partial charge in [-0.2, -0.15) is 0 Å². The van der Waals surface area contributed by atoms with E-state index >= 15 is 0 Å². The van der Waals surface area contributed by atoms with Crippen LogP contribution in [-0.2, 0) is 15.3 Å². The maximum Gasteiger partial charge on any atom is 0.306 e. The summed E-state index contributed by atoms with van der Waals surface area (Å²) in [6.45, 7) is 2.44. The number of aryl methyl sites for hydroxylation is 1. The number of thiazole rings is 1. The standard InChI is InChI=1S/C14H20N2O3S2/c1-9-16-11(7-21-9)6-20-8-13(17)15-5-10-3-2-4-12(10)14(18)19/h7,10,12H,2-6,8H2,1H3,(H,15,17)(H,18,19). The minimum Gasteiger partial charge on any atom is -0.481 e. The fourth-order valence-corrected chi connectivity index (χ4v) is 4.09. The van der Waals surface area contributed by atoms with Gasteiger partial charge in [-0.15, -0.1) is 23.1 Å². The first-order valence-electron chi connectivity index (χ1n) is 7.04. The summed E-state index contributed by atoms with van der Waals surface area (Å²) in [5.74, 6) is 0.150. The van der Waals surface area contributed by atoms with Gasteiger partial charge in [-0.25, -0.2) is 4.98 Å². The number of hydrogen-bond donors (Lipinski definition) is 2. The zero-order valence-corrected chi connectivity index (χ0v) is 13.6. The topological polar surface area (TPSA) is 79.3 Å². The van der Waals surface area contributed by atoms with Crippen LogP contribution in [0.15, 0.2) is 5.38 Å². The van der Waals surface area contributed by atoms with E-state index in [0.717, 1.165) is 35.7 Å². The number of aliphatic carboxylic acids is 1. The van der Waals surface area contributed by atoms with E-state index in [-0.39, 0.29) is 17.7 Å². The third-order valence-electron chi connectivity index (χ3n) is 3.69. The van der Waals surface area contributed by atoms with Crippen LogP contribution in [-0.4, -0.2) is 34.3 Å². The van der Waals surface area contributed by atoms with Crippen molar-refractivity contribution in [2.45, 2.75) is 31.9 Å². The second-order valence-electron chi connectivity index (χ2n) is 5.29. The third kappa shape index (κ3) is 5.00. The predicted octanol–water partition coefficient (Wildman–Crippen LogP) is 2.30. The van der Waals surface area contributed by atoms with Gasteiger partial charge in [0.25, 0.3) is 0 Å². The highest BCUT2D eigenvalue weighted by Crippen LogP contribution is 2.31. The van der Waals surface area contributed by atoms with Crippen LogP contribution < -0.4 is 5.32 Å². The van der Waals surface area contributed by atoms with E-state index < -0.39 is 5.97 Å². The number of carboxylic acids is 1. The number of nitrogens with one attached hydrogen (secondary N) is 1. The molecule has 0 radical (unpaired) electrons. The van der Waals surface area contributed by atoms with Crippen LogP contribution in [0.4, 0.5) is 0 Å². The second kappa shape index (κ2) is 7.79. The quantitative estimate of drug-likeness (QED) is 0.803. The summed E-state index contributed by atoms with van der Waals surface area (Å²) < 4.78 is 0. The van der Waals surface area contributed by atoms with Crippen molar-refractivity contribution < 1.29 is 14.7 Å². The monoisotopic (exact) mass is 328 g/mol. The van der Waals surface area contributed by atoms with E-state index in [1.54, 1.807) is 11.3 Å². The van der Waals surface area contributed by atoms with Crippen molar-refractivity contribution in [3.63, 3.8) is 0 Å². The summed E-state index contributed by atoms with van der Waals surface area (Å²) in [6.07, 6.45) is 2.56. The molecule has 0 aromatic carbocycles. The molecule has 0 bridgehead atoms. The normalized spacial score (nSPS) is 21.4. The molecule has 1 heterocycles. The van der Waals surface area contributed by atoms with Crippen LogP contribution in [0.1, 0.15) is 30.0 Å². The number of carbonyl (C=O) groups is 2. The molecular weight excluding hydrogens is 308 g/mol. The van der Waals surface area contributed by atoms with Crippen molar-refractivity contribution in [1.82, 2.24) is 10.3 Å². The first-order chi connectivity index (χ1) is 10.1. The molecular formula is C14H20N2O3S2. The van der Waals surface area contributed by atoms with Crippen molar-refractivity contribution >= 4 is 35.0 Å². The highest BCUT2D eigenvalue weighted by atomic mass is 32.2. The molecule has 0 spiro atoms. The summed E-state index contributed by atoms with van der Waals surface area (Å²) in [5.41, 5.74) is 1.01. The number of aromatic nitrogens is 1. The highest BCUT2D eigenvalue weighted by Gasteiger charge is 2.32. The molecule has 7 heteroatoms. The first-order valence-corrected chi connectivity index (χ1v) is 9.08. The Kier molecular flexibility index (Phi) is 6.05. The van der Waals surface area contributed by atoms with E-state index in [0.29, 0.717) is 12.3 Å². The van der Waals surface area contributed by atoms with E-state index in [9.17, 15) is 9.59 Å². The number of nitrogens with zero attached hydrogens (tertiary/aromatic N) is 1. The zero-order chi connectivity index (χ0) is 15.2. The Labute approximate surface area is 132 Å². The molecule has 2 unspecified atom stereocenters. The summed E-state index contributed by atoms with van der Waals surface area (Å²) in [6, 6.07) is 0. The van der Waals surface area contributed by atoms with Crippen molar-refractivity contribution in [3.05, 3.63) is 16.1 Å². The lowest BCUT2D eigenvalue weighted by atomic mass is 9.96. The Morgan fingerprint density at radius 3 is 3.00 bits per heavy atom. The van der Waals surface area contributed by atoms with Gasteiger partial charge in [-0.1, -0.05) is 6.42 Å². The minimum atomic E-state index is -0.736. The molecule has 0 aliphatic heterocycles. The lowest BCUT2D eigenvalue weighted by Gasteiger charge is -2.16. The second-order valence-corrected chi connectivity index (χ2v) is 7.34. The van der Waals surface area contributed by atoms with Crippen LogP contribution in [0.2, 0.25) is 0 Å². The third-order valence-corrected chi connectivity index (χ3v) is 5.48. The van der Waals surface area contributed by atoms with Crippen molar-refractivity contribution in [2.24, 2.45) is 11.8 Å². The Hall–Kier alpha value is -1.08. The number of rotatable bonds is 7.